The molecule has 1 aliphatic heterocycles. The van der Waals surface area contributed by atoms with Crippen molar-refractivity contribution >= 4 is 11.0 Å². The Balaban J connectivity index is 2.00. The predicted molar refractivity (Wildman–Crippen MR) is 76.0 cm³/mol. The maximum atomic E-state index is 5.99. The van der Waals surface area contributed by atoms with Crippen LogP contribution < -0.4 is 5.73 Å². The molecular weight excluding hydrogens is 238 g/mol. The van der Waals surface area contributed by atoms with Crippen LogP contribution in [0.3, 0.4) is 0 Å². The normalized spacial score (nSPS) is 21.7. The maximum Gasteiger partial charge on any atom is 0.136 e. The van der Waals surface area contributed by atoms with E-state index in [4.69, 9.17) is 10.5 Å². The van der Waals surface area contributed by atoms with E-state index in [2.05, 4.69) is 29.0 Å². The number of H-pyrrole nitrogens is 1. The van der Waals surface area contributed by atoms with Gasteiger partial charge in [0.05, 0.1) is 11.0 Å². The van der Waals surface area contributed by atoms with Crippen LogP contribution in [0.4, 0.5) is 0 Å². The van der Waals surface area contributed by atoms with Gasteiger partial charge in [0, 0.05) is 12.6 Å². The van der Waals surface area contributed by atoms with Gasteiger partial charge in [0.15, 0.2) is 0 Å². The number of rotatable bonds is 2. The van der Waals surface area contributed by atoms with Gasteiger partial charge in [-0.25, -0.2) is 4.98 Å². The van der Waals surface area contributed by atoms with Gasteiger partial charge in [-0.2, -0.15) is 0 Å². The summed E-state index contributed by atoms with van der Waals surface area (Å²) in [6.45, 7) is 4.94. The highest BCUT2D eigenvalue weighted by atomic mass is 16.5. The van der Waals surface area contributed by atoms with Crippen LogP contribution in [0.5, 0.6) is 0 Å². The first-order valence-corrected chi connectivity index (χ1v) is 7.02. The topological polar surface area (TPSA) is 63.9 Å². The first-order chi connectivity index (χ1) is 9.15. The molecule has 2 unspecified atom stereocenters. The monoisotopic (exact) mass is 259 g/mol. The fourth-order valence-electron chi connectivity index (χ4n) is 2.80. The molecule has 1 aliphatic rings. The van der Waals surface area contributed by atoms with E-state index in [1.54, 1.807) is 0 Å². The van der Waals surface area contributed by atoms with Crippen molar-refractivity contribution in [1.29, 1.82) is 0 Å². The summed E-state index contributed by atoms with van der Waals surface area (Å²) in [6, 6.07) is 4.27. The minimum Gasteiger partial charge on any atom is -0.370 e. The Bertz CT molecular complexity index is 582. The van der Waals surface area contributed by atoms with Gasteiger partial charge in [0.1, 0.15) is 11.9 Å². The lowest BCUT2D eigenvalue weighted by molar-refractivity contribution is 0.0101. The summed E-state index contributed by atoms with van der Waals surface area (Å²) in [5.41, 5.74) is 10.4. The highest BCUT2D eigenvalue weighted by Crippen LogP contribution is 2.29. The second-order valence-corrected chi connectivity index (χ2v) is 5.49. The Hall–Kier alpha value is -1.39. The molecule has 2 heterocycles. The largest absolute Gasteiger partial charge is 0.370 e. The molecular formula is C15H21N3O. The lowest BCUT2D eigenvalue weighted by Gasteiger charge is -2.20. The van der Waals surface area contributed by atoms with E-state index in [1.807, 2.05) is 6.92 Å². The smallest absolute Gasteiger partial charge is 0.136 e. The molecule has 2 aromatic rings. The highest BCUT2D eigenvalue weighted by molar-refractivity contribution is 5.77. The second-order valence-electron chi connectivity index (χ2n) is 5.49. The first kappa shape index (κ1) is 12.6. The van der Waals surface area contributed by atoms with Crippen LogP contribution >= 0.6 is 0 Å². The van der Waals surface area contributed by atoms with Gasteiger partial charge in [-0.15, -0.1) is 0 Å². The number of nitrogens with two attached hydrogens (primary N) is 1. The number of nitrogens with one attached hydrogen (secondary N) is 1. The van der Waals surface area contributed by atoms with Gasteiger partial charge < -0.3 is 15.5 Å². The van der Waals surface area contributed by atoms with Crippen molar-refractivity contribution in [3.8, 4) is 0 Å². The van der Waals surface area contributed by atoms with Crippen molar-refractivity contribution < 1.29 is 4.74 Å². The average molecular weight is 259 g/mol. The van der Waals surface area contributed by atoms with E-state index in [-0.39, 0.29) is 12.1 Å². The minimum absolute atomic E-state index is 0.0375. The summed E-state index contributed by atoms with van der Waals surface area (Å²) >= 11 is 0. The van der Waals surface area contributed by atoms with E-state index >= 15 is 0 Å². The van der Waals surface area contributed by atoms with Crippen LogP contribution in [0.1, 0.15) is 55.3 Å². The number of ether oxygens (including phenoxy) is 1. The van der Waals surface area contributed by atoms with Gasteiger partial charge in [-0.1, -0.05) is 0 Å². The predicted octanol–water partition coefficient (Wildman–Crippen LogP) is 3.13. The van der Waals surface area contributed by atoms with Crippen LogP contribution in [0.2, 0.25) is 0 Å². The van der Waals surface area contributed by atoms with Gasteiger partial charge in [-0.05, 0) is 56.4 Å². The Kier molecular flexibility index (Phi) is 3.29. The lowest BCUT2D eigenvalue weighted by Crippen LogP contribution is -2.12. The fraction of sp³-hybridized carbons (Fsp3) is 0.533. The fourth-order valence-corrected chi connectivity index (χ4v) is 2.80. The molecule has 1 saturated heterocycles. The van der Waals surface area contributed by atoms with Crippen LogP contribution in [-0.2, 0) is 4.74 Å². The van der Waals surface area contributed by atoms with Crippen molar-refractivity contribution in [2.75, 3.05) is 6.61 Å². The maximum absolute atomic E-state index is 5.99. The molecule has 4 heteroatoms. The number of aryl methyl sites for hydroxylation is 1. The summed E-state index contributed by atoms with van der Waals surface area (Å²) in [4.78, 5) is 8.08. The summed E-state index contributed by atoms with van der Waals surface area (Å²) in [7, 11) is 0. The third kappa shape index (κ3) is 2.38. The van der Waals surface area contributed by atoms with Crippen molar-refractivity contribution in [3.63, 3.8) is 0 Å². The number of hydrogen-bond acceptors (Lipinski definition) is 3. The number of nitrogens with zero attached hydrogens (tertiary/aromatic N) is 1. The highest BCUT2D eigenvalue weighted by Gasteiger charge is 2.20. The van der Waals surface area contributed by atoms with Crippen molar-refractivity contribution in [2.45, 2.75) is 45.3 Å². The number of fused-ring (bicyclic) bond motifs is 1. The molecule has 0 aliphatic carbocycles. The van der Waals surface area contributed by atoms with E-state index < -0.39 is 0 Å². The Morgan fingerprint density at radius 3 is 2.95 bits per heavy atom. The first-order valence-electron chi connectivity index (χ1n) is 7.02. The average Bonchev–Trinajstić information content (AvgIpc) is 2.81. The van der Waals surface area contributed by atoms with E-state index in [9.17, 15) is 0 Å². The van der Waals surface area contributed by atoms with E-state index in [0.717, 1.165) is 41.9 Å². The molecule has 4 nitrogen and oxygen atoms in total. The molecule has 3 N–H and O–H groups in total. The number of aromatic amines is 1. The molecule has 102 valence electrons. The van der Waals surface area contributed by atoms with Crippen molar-refractivity contribution in [2.24, 2.45) is 5.73 Å². The zero-order valence-electron chi connectivity index (χ0n) is 11.6. The van der Waals surface area contributed by atoms with E-state index in [1.165, 1.54) is 12.0 Å². The number of benzene rings is 1. The molecule has 0 radical (unpaired) electrons. The number of aromatic nitrogens is 2. The molecule has 0 spiro atoms. The standard InChI is InChI=1S/C15H21N3O/c1-9-7-12-13(8-11(9)10(2)16)18-15(17-12)14-5-3-4-6-19-14/h7-8,10,14H,3-6,16H2,1-2H3,(H,17,18). The van der Waals surface area contributed by atoms with Gasteiger partial charge in [-0.3, -0.25) is 0 Å². The molecule has 19 heavy (non-hydrogen) atoms. The summed E-state index contributed by atoms with van der Waals surface area (Å²) in [6.07, 6.45) is 3.55. The van der Waals surface area contributed by atoms with Gasteiger partial charge in [0.25, 0.3) is 0 Å². The van der Waals surface area contributed by atoms with Crippen molar-refractivity contribution in [3.05, 3.63) is 29.1 Å². The molecule has 0 saturated carbocycles. The third-order valence-electron chi connectivity index (χ3n) is 3.86. The van der Waals surface area contributed by atoms with Crippen LogP contribution in [0.15, 0.2) is 12.1 Å². The molecule has 1 aromatic carbocycles. The Labute approximate surface area is 113 Å². The molecule has 1 fully saturated rings. The molecule has 0 bridgehead atoms. The second kappa shape index (κ2) is 4.94. The molecule has 2 atom stereocenters. The van der Waals surface area contributed by atoms with Crippen LogP contribution in [-0.4, -0.2) is 16.6 Å². The summed E-state index contributed by atoms with van der Waals surface area (Å²) < 4.78 is 5.78. The van der Waals surface area contributed by atoms with E-state index in [0.29, 0.717) is 0 Å². The Morgan fingerprint density at radius 1 is 1.42 bits per heavy atom. The lowest BCUT2D eigenvalue weighted by atomic mass is 10.0. The number of imidazole rings is 1. The van der Waals surface area contributed by atoms with Crippen LogP contribution in [0, 0.1) is 6.92 Å². The quantitative estimate of drug-likeness (QED) is 0.871. The molecule has 1 aromatic heterocycles. The SMILES string of the molecule is Cc1cc2[nH]c(C3CCCCO3)nc2cc1C(C)N. The number of hydrogen-bond donors (Lipinski definition) is 2. The minimum atomic E-state index is 0.0375. The summed E-state index contributed by atoms with van der Waals surface area (Å²) in [5, 5.41) is 0. The molecule has 3 rings (SSSR count). The zero-order chi connectivity index (χ0) is 13.4. The van der Waals surface area contributed by atoms with Crippen molar-refractivity contribution in [1.82, 2.24) is 9.97 Å². The third-order valence-corrected chi connectivity index (χ3v) is 3.86. The molecule has 0 amide bonds. The Morgan fingerprint density at radius 2 is 2.26 bits per heavy atom. The van der Waals surface area contributed by atoms with Gasteiger partial charge in [0.2, 0.25) is 0 Å². The summed E-state index contributed by atoms with van der Waals surface area (Å²) in [5.74, 6) is 0.955. The zero-order valence-corrected chi connectivity index (χ0v) is 11.6. The van der Waals surface area contributed by atoms with Gasteiger partial charge >= 0.3 is 0 Å². The van der Waals surface area contributed by atoms with Crippen LogP contribution in [0.25, 0.3) is 11.0 Å².